The average Bonchev–Trinajstić information content (AvgIpc) is 1.91. The van der Waals surface area contributed by atoms with E-state index in [1.165, 1.54) is 6.07 Å². The van der Waals surface area contributed by atoms with E-state index in [1.54, 1.807) is 6.07 Å². The lowest BCUT2D eigenvalue weighted by molar-refractivity contribution is 1.14. The molecule has 0 bridgehead atoms. The summed E-state index contributed by atoms with van der Waals surface area (Å²) in [6, 6.07) is 5.07. The molecule has 0 fully saturated rings. The lowest BCUT2D eigenvalue weighted by Crippen LogP contribution is -2.02. The molecule has 0 spiro atoms. The summed E-state index contributed by atoms with van der Waals surface area (Å²) in [6.45, 7) is 5.85. The van der Waals surface area contributed by atoms with Crippen molar-refractivity contribution < 1.29 is 1.43 Å². The van der Waals surface area contributed by atoms with Crippen LogP contribution in [0.25, 0.3) is 0 Å². The molecular formula is C8H15NO. The lowest BCUT2D eigenvalue weighted by Gasteiger charge is -1.84. The molecule has 10 heavy (non-hydrogen) atoms. The van der Waals surface area contributed by atoms with Gasteiger partial charge in [0.25, 0.3) is 0 Å². The van der Waals surface area contributed by atoms with E-state index in [-0.39, 0.29) is 6.99 Å². The topological polar surface area (TPSA) is 32.9 Å². The molecule has 0 saturated carbocycles. The zero-order valence-corrected chi connectivity index (χ0v) is 6.64. The average molecular weight is 141 g/mol. The lowest BCUT2D eigenvalue weighted by atomic mass is 10.4. The molecule has 1 aromatic heterocycles. The molecule has 0 amide bonds. The smallest absolute Gasteiger partial charge is 0.248 e. The fraction of sp³-hybridized carbons (Fsp3) is 0.375. The summed E-state index contributed by atoms with van der Waals surface area (Å²) in [7, 11) is 0. The highest BCUT2D eigenvalue weighted by molar-refractivity contribution is 5.00. The Kier molecular flexibility index (Phi) is 4.29. The van der Waals surface area contributed by atoms with E-state index in [1.807, 2.05) is 26.8 Å². The maximum absolute atomic E-state index is 10.4. The fourth-order valence-corrected chi connectivity index (χ4v) is 0.558. The van der Waals surface area contributed by atoms with E-state index < -0.39 is 0 Å². The summed E-state index contributed by atoms with van der Waals surface area (Å²) >= 11 is 0. The van der Waals surface area contributed by atoms with E-state index in [4.69, 9.17) is 0 Å². The predicted octanol–water partition coefficient (Wildman–Crippen LogP) is 1.96. The Morgan fingerprint density at radius 3 is 2.30 bits per heavy atom. The quantitative estimate of drug-likeness (QED) is 0.588. The predicted molar refractivity (Wildman–Crippen MR) is 45.3 cm³/mol. The molecule has 0 radical (unpaired) electrons. The maximum atomic E-state index is 10.4. The van der Waals surface area contributed by atoms with Crippen LogP contribution < -0.4 is 5.56 Å². The third-order valence-electron chi connectivity index (χ3n) is 0.914. The molecule has 0 saturated heterocycles. The van der Waals surface area contributed by atoms with Gasteiger partial charge in [0, 0.05) is 13.2 Å². The second-order valence-corrected chi connectivity index (χ2v) is 1.70. The van der Waals surface area contributed by atoms with Crippen LogP contribution in [0.5, 0.6) is 0 Å². The van der Waals surface area contributed by atoms with Gasteiger partial charge in [0.15, 0.2) is 0 Å². The highest BCUT2D eigenvalue weighted by Crippen LogP contribution is 1.81. The van der Waals surface area contributed by atoms with Gasteiger partial charge in [-0.3, -0.25) is 4.79 Å². The van der Waals surface area contributed by atoms with Gasteiger partial charge >= 0.3 is 0 Å². The summed E-state index contributed by atoms with van der Waals surface area (Å²) in [5.74, 6) is 0. The molecule has 2 heteroatoms. The van der Waals surface area contributed by atoms with E-state index in [0.29, 0.717) is 0 Å². The first kappa shape index (κ1) is 8.95. The number of rotatable bonds is 0. The molecule has 0 atom stereocenters. The molecule has 1 N–H and O–H groups in total. The van der Waals surface area contributed by atoms with Crippen LogP contribution in [0.4, 0.5) is 0 Å². The molecule has 2 nitrogen and oxygen atoms in total. The van der Waals surface area contributed by atoms with Crippen molar-refractivity contribution in [1.29, 1.82) is 0 Å². The molecule has 0 aliphatic carbocycles. The third-order valence-corrected chi connectivity index (χ3v) is 0.914. The minimum atomic E-state index is -0.0370. The minimum absolute atomic E-state index is 0. The van der Waals surface area contributed by atoms with Gasteiger partial charge in [-0.1, -0.05) is 19.9 Å². The van der Waals surface area contributed by atoms with Crippen molar-refractivity contribution in [3.8, 4) is 0 Å². The molecule has 1 heterocycles. The standard InChI is InChI=1S/C6H7NO.C2H6.H2/c1-5-3-2-4-6(8)7-5;1-2;/h2-4H,1H3,(H,7,8);1-2H3;1H. The first-order chi connectivity index (χ1) is 4.79. The summed E-state index contributed by atoms with van der Waals surface area (Å²) in [5.41, 5.74) is 0.863. The van der Waals surface area contributed by atoms with Gasteiger partial charge in [0.05, 0.1) is 0 Å². The first-order valence-corrected chi connectivity index (χ1v) is 3.45. The van der Waals surface area contributed by atoms with Gasteiger partial charge < -0.3 is 4.98 Å². The maximum Gasteiger partial charge on any atom is 0.248 e. The van der Waals surface area contributed by atoms with E-state index >= 15 is 0 Å². The minimum Gasteiger partial charge on any atom is -0.327 e. The summed E-state index contributed by atoms with van der Waals surface area (Å²) < 4.78 is 0. The number of aromatic amines is 1. The number of aryl methyl sites for hydroxylation is 1. The molecular weight excluding hydrogens is 126 g/mol. The van der Waals surface area contributed by atoms with Gasteiger partial charge in [-0.15, -0.1) is 0 Å². The van der Waals surface area contributed by atoms with E-state index in [0.717, 1.165) is 5.69 Å². The van der Waals surface area contributed by atoms with Crippen molar-refractivity contribution in [3.05, 3.63) is 34.2 Å². The largest absolute Gasteiger partial charge is 0.327 e. The summed E-state index contributed by atoms with van der Waals surface area (Å²) in [5, 5.41) is 0. The molecule has 0 aromatic carbocycles. The molecule has 0 aliphatic heterocycles. The van der Waals surface area contributed by atoms with Crippen molar-refractivity contribution in [2.45, 2.75) is 20.8 Å². The van der Waals surface area contributed by atoms with Crippen LogP contribution in [0.2, 0.25) is 0 Å². The van der Waals surface area contributed by atoms with Gasteiger partial charge in [0.1, 0.15) is 0 Å². The number of nitrogens with one attached hydrogen (secondary N) is 1. The Labute approximate surface area is 62.4 Å². The Hall–Kier alpha value is -1.05. The number of pyridine rings is 1. The van der Waals surface area contributed by atoms with Crippen molar-refractivity contribution in [2.24, 2.45) is 0 Å². The first-order valence-electron chi connectivity index (χ1n) is 3.45. The van der Waals surface area contributed by atoms with E-state index in [9.17, 15) is 4.79 Å². The van der Waals surface area contributed by atoms with Gasteiger partial charge in [-0.25, -0.2) is 0 Å². The van der Waals surface area contributed by atoms with Crippen LogP contribution in [0.3, 0.4) is 0 Å². The van der Waals surface area contributed by atoms with Crippen LogP contribution in [-0.4, -0.2) is 4.98 Å². The Bertz CT molecular complexity index is 232. The monoisotopic (exact) mass is 141 g/mol. The SMILES string of the molecule is CC.Cc1cccc(=O)[nH]1.[HH]. The Balaban J connectivity index is 0. The van der Waals surface area contributed by atoms with Crippen LogP contribution in [0, 0.1) is 6.92 Å². The number of hydrogen-bond acceptors (Lipinski definition) is 1. The normalized spacial score (nSPS) is 7.90. The van der Waals surface area contributed by atoms with Crippen molar-refractivity contribution in [1.82, 2.24) is 4.98 Å². The van der Waals surface area contributed by atoms with Crippen LogP contribution in [0.15, 0.2) is 23.0 Å². The van der Waals surface area contributed by atoms with Crippen molar-refractivity contribution >= 4 is 0 Å². The van der Waals surface area contributed by atoms with Crippen LogP contribution >= 0.6 is 0 Å². The van der Waals surface area contributed by atoms with Gasteiger partial charge in [0.2, 0.25) is 5.56 Å². The van der Waals surface area contributed by atoms with Crippen LogP contribution in [0.1, 0.15) is 21.0 Å². The summed E-state index contributed by atoms with van der Waals surface area (Å²) in [4.78, 5) is 13.0. The highest BCUT2D eigenvalue weighted by Gasteiger charge is 1.79. The second-order valence-electron chi connectivity index (χ2n) is 1.70. The zero-order chi connectivity index (χ0) is 7.98. The van der Waals surface area contributed by atoms with Gasteiger partial charge in [-0.2, -0.15) is 0 Å². The fourth-order valence-electron chi connectivity index (χ4n) is 0.558. The number of H-pyrrole nitrogens is 1. The highest BCUT2D eigenvalue weighted by atomic mass is 16.1. The van der Waals surface area contributed by atoms with Gasteiger partial charge in [-0.05, 0) is 13.0 Å². The van der Waals surface area contributed by atoms with Crippen molar-refractivity contribution in [3.63, 3.8) is 0 Å². The molecule has 0 unspecified atom stereocenters. The molecule has 58 valence electrons. The molecule has 1 aromatic rings. The second kappa shape index (κ2) is 4.79. The number of hydrogen-bond donors (Lipinski definition) is 1. The Morgan fingerprint density at radius 1 is 1.40 bits per heavy atom. The van der Waals surface area contributed by atoms with E-state index in [2.05, 4.69) is 4.98 Å². The third kappa shape index (κ3) is 3.07. The number of aromatic nitrogens is 1. The van der Waals surface area contributed by atoms with Crippen molar-refractivity contribution in [2.75, 3.05) is 0 Å². The zero-order valence-electron chi connectivity index (χ0n) is 6.64. The summed E-state index contributed by atoms with van der Waals surface area (Å²) in [6.07, 6.45) is 0. The molecule has 1 rings (SSSR count). The van der Waals surface area contributed by atoms with Crippen LogP contribution in [-0.2, 0) is 0 Å². The molecule has 0 aliphatic rings. The Morgan fingerprint density at radius 2 is 2.00 bits per heavy atom.